The second kappa shape index (κ2) is 35.4. The van der Waals surface area contributed by atoms with Crippen molar-refractivity contribution in [1.29, 1.82) is 0 Å². The Labute approximate surface area is 683 Å². The smallest absolute Gasteiger partial charge is 1.00 e. The number of nitrogens with zero attached hydrogens (tertiary/aromatic N) is 3. The largest absolute Gasteiger partial charge is 1.00 e. The average Bonchev–Trinajstić information content (AvgIpc) is 1.38. The molecule has 0 saturated heterocycles. The van der Waals surface area contributed by atoms with Crippen LogP contribution in [0, 0.1) is 146 Å². The summed E-state index contributed by atoms with van der Waals surface area (Å²) in [5, 5.41) is 63.1. The Hall–Kier alpha value is -1.21. The van der Waals surface area contributed by atoms with E-state index in [1.54, 1.807) is 20.1 Å². The summed E-state index contributed by atoms with van der Waals surface area (Å²) in [7, 11) is -2.55. The molecule has 0 bridgehead atoms. The molecular weight excluding hydrogens is 1420 g/mol. The monoisotopic (exact) mass is 1570 g/mol. The Morgan fingerprint density at radius 2 is 0.902 bits per heavy atom. The summed E-state index contributed by atoms with van der Waals surface area (Å²) >= 11 is 0. The third kappa shape index (κ3) is 19.7. The molecule has 0 radical (unpaired) electrons. The maximum atomic E-state index is 10.7. The molecule has 12 aliphatic carbocycles. The first-order chi connectivity index (χ1) is 46.0. The number of terminal acetylenes is 2. The quantitative estimate of drug-likeness (QED) is 0.0419. The second-order valence-electron chi connectivity index (χ2n) is 39.6. The molecule has 7 N–H and O–H groups in total. The SMILES string of the molecule is C.C#CC.C#C[Si](C)(C)C.CC#CC.CCC(C)(N)O.C[C@@]1(O)CC[C@@]2(C)[C@H](CC[C@@H]3[C@@H]2CC[C@]2(C)[C@@H](/C=N/O)CC[C@@H]32)C1.C[C@@]1(O)CC[C@@]2(C)[C@H](CC[C@@H]3[C@@H]2CC[C@]2(C)[C@@H](c4cc([Si](C)(C)C)on4)CC[C@@H]32)C1.C[C@@]1(O)CC[C@@]2(C)[C@H](CC[C@@H]3[C@@H]2CC[C@]2(C)[C@@H](c4ccon4)CC[C@@H]32)C1.[Cs+].[F-]. The molecule has 2 aromatic heterocycles. The number of oxime groups is 1. The first-order valence-electron chi connectivity index (χ1n) is 39.9. The molecule has 1 unspecified atom stereocenters. The first-order valence-corrected chi connectivity index (χ1v) is 46.9. The van der Waals surface area contributed by atoms with Gasteiger partial charge in [0.2, 0.25) is 0 Å². The molecule has 14 rings (SSSR count). The summed E-state index contributed by atoms with van der Waals surface area (Å²) in [5.74, 6) is 19.1. The van der Waals surface area contributed by atoms with Gasteiger partial charge in [0, 0.05) is 30.0 Å². The zero-order valence-corrected chi connectivity index (χ0v) is 76.1. The average molecular weight is 1570 g/mol. The van der Waals surface area contributed by atoms with E-state index >= 15 is 0 Å². The first kappa shape index (κ1) is 91.4. The molecule has 12 fully saturated rings. The van der Waals surface area contributed by atoms with Gasteiger partial charge in [-0.1, -0.05) is 105 Å². The molecular formula is C87H148CsFN4O7Si2. The van der Waals surface area contributed by atoms with Gasteiger partial charge in [0.05, 0.1) is 28.2 Å². The Morgan fingerprint density at radius 3 is 1.22 bits per heavy atom. The summed E-state index contributed by atoms with van der Waals surface area (Å²) in [5.41, 5.74) is 10.5. The molecule has 0 aromatic carbocycles. The molecule has 2 aromatic rings. The van der Waals surface area contributed by atoms with Gasteiger partial charge < -0.3 is 45.1 Å². The van der Waals surface area contributed by atoms with E-state index in [-0.39, 0.29) is 81.0 Å². The van der Waals surface area contributed by atoms with Gasteiger partial charge in [0.25, 0.3) is 0 Å². The van der Waals surface area contributed by atoms with Crippen molar-refractivity contribution in [1.82, 2.24) is 10.3 Å². The summed E-state index contributed by atoms with van der Waals surface area (Å²) in [6, 6.07) is 4.43. The second-order valence-corrected chi connectivity index (χ2v) is 49.4. The zero-order chi connectivity index (χ0) is 73.4. The molecule has 0 aliphatic heterocycles. The van der Waals surface area contributed by atoms with E-state index in [9.17, 15) is 15.3 Å². The molecule has 11 nitrogen and oxygen atoms in total. The Kier molecular flexibility index (Phi) is 31.7. The molecule has 2 heterocycles. The summed E-state index contributed by atoms with van der Waals surface area (Å²) < 4.78 is 11.1. The number of hydrogen-bond donors (Lipinski definition) is 6. The van der Waals surface area contributed by atoms with Crippen LogP contribution in [0.15, 0.2) is 32.6 Å². The number of nitrogens with two attached hydrogens (primary N) is 1. The van der Waals surface area contributed by atoms with E-state index in [1.165, 1.54) is 152 Å². The Balaban J connectivity index is 0.000000242. The van der Waals surface area contributed by atoms with Crippen LogP contribution in [0.5, 0.6) is 0 Å². The minimum absolute atomic E-state index is 0. The van der Waals surface area contributed by atoms with Gasteiger partial charge in [-0.3, -0.25) is 0 Å². The van der Waals surface area contributed by atoms with Gasteiger partial charge in [-0.25, -0.2) is 0 Å². The van der Waals surface area contributed by atoms with Crippen LogP contribution in [-0.4, -0.2) is 80.8 Å². The predicted molar refractivity (Wildman–Crippen MR) is 420 cm³/mol. The zero-order valence-electron chi connectivity index (χ0n) is 67.8. The van der Waals surface area contributed by atoms with Gasteiger partial charge in [0.1, 0.15) is 33.5 Å². The molecule has 574 valence electrons. The van der Waals surface area contributed by atoms with Crippen LogP contribution >= 0.6 is 0 Å². The van der Waals surface area contributed by atoms with Gasteiger partial charge >= 0.3 is 68.9 Å². The number of hydrogen-bond acceptors (Lipinski definition) is 11. The number of aromatic nitrogens is 2. The Bertz CT molecular complexity index is 3140. The van der Waals surface area contributed by atoms with Gasteiger partial charge in [-0.2, -0.15) is 0 Å². The summed E-state index contributed by atoms with van der Waals surface area (Å²) in [6.07, 6.45) is 47.5. The molecule has 12 aliphatic rings. The molecule has 0 spiro atoms. The van der Waals surface area contributed by atoms with E-state index in [4.69, 9.17) is 31.5 Å². The molecule has 25 atom stereocenters. The topological polar surface area (TPSA) is 192 Å². The van der Waals surface area contributed by atoms with E-state index in [2.05, 4.69) is 152 Å². The standard InChI is InChI=1S/C26H43NO2Si.C23H35NO2.C21H35NO2.C5H10Si.C4H11NO.C4H6.C3H4.CH4.Cs.FH/c1-24(28)13-14-25(2)17(16-24)7-8-18-19-9-10-21(26(19,3)12-11-20(18)25)22-15-23(29-27-22)30(4,5)6;1-21(25)11-12-22(2)15(14-21)4-5-16-17-6-7-19(20-9-13-26-24-20)23(17,3)10-8-18(16)22;1-19(23)10-11-21(3)14(12-19)4-6-16-17-7-5-15(13-22-24)20(17,2)9-8-18(16)21;1-5-6(2,3)4;1-3-4(2,5)6;1-3-4-2;1-3-2;;;/h15,17-21,28H,7-14,16H2,1-6H3;9,13,15-19,25H,4-8,10-12,14H2,1-3H3;13-18,23-24H,4-12H2,1-3H3;1H,2-4H3;6H,3,5H2,1-2H3;1-2H3;1H,2H3;1H4;;1H/q;;;;;;;;+1;/p-1/b;;22-13+;;;;;;;/t17-,18+,19+,20+,21-,24-,25+,26+;15-,16+,17+,18+,19-,21-,22+,23+;14-,15-,16+,17+,18+,19-,20-,21+;;;;;;;/m111......./s1. The molecule has 15 heteroatoms. The van der Waals surface area contributed by atoms with Crippen molar-refractivity contribution in [2.24, 2.45) is 120 Å². The fraction of sp³-hybridized carbons (Fsp3) is 0.851. The van der Waals surface area contributed by atoms with Crippen molar-refractivity contribution >= 4 is 27.7 Å². The predicted octanol–water partition coefficient (Wildman–Crippen LogP) is 14.4. The maximum absolute atomic E-state index is 10.7. The van der Waals surface area contributed by atoms with Gasteiger partial charge in [-0.15, -0.1) is 41.3 Å². The van der Waals surface area contributed by atoms with Crippen LogP contribution in [0.25, 0.3) is 0 Å². The fourth-order valence-corrected chi connectivity index (χ4v) is 25.7. The maximum Gasteiger partial charge on any atom is 1.00 e. The molecule has 0 amide bonds. The van der Waals surface area contributed by atoms with Crippen molar-refractivity contribution in [3.05, 3.63) is 29.8 Å². The minimum Gasteiger partial charge on any atom is -1.00 e. The third-order valence-electron chi connectivity index (χ3n) is 31.0. The van der Waals surface area contributed by atoms with Crippen LogP contribution in [0.2, 0.25) is 39.3 Å². The van der Waals surface area contributed by atoms with Gasteiger partial charge in [-0.05, 0) is 338 Å². The fourth-order valence-electron chi connectivity index (χ4n) is 24.8. The van der Waals surface area contributed by atoms with E-state index < -0.39 is 38.7 Å². The van der Waals surface area contributed by atoms with E-state index in [0.717, 1.165) is 104 Å². The molecule has 12 saturated carbocycles. The Morgan fingerprint density at radius 1 is 0.559 bits per heavy atom. The third-order valence-corrected chi connectivity index (χ3v) is 33.6. The summed E-state index contributed by atoms with van der Waals surface area (Å²) in [6.45, 7) is 43.7. The van der Waals surface area contributed by atoms with E-state index in [1.807, 2.05) is 33.9 Å². The van der Waals surface area contributed by atoms with E-state index in [0.29, 0.717) is 62.6 Å². The molecule has 102 heavy (non-hydrogen) atoms. The summed E-state index contributed by atoms with van der Waals surface area (Å²) in [4.78, 5) is 0. The number of rotatable bonds is 5. The van der Waals surface area contributed by atoms with Crippen LogP contribution < -0.4 is 84.7 Å². The van der Waals surface area contributed by atoms with Crippen LogP contribution in [0.3, 0.4) is 0 Å². The van der Waals surface area contributed by atoms with Crippen molar-refractivity contribution in [3.63, 3.8) is 0 Å². The number of fused-ring (bicyclic) bond motifs is 15. The van der Waals surface area contributed by atoms with Crippen molar-refractivity contribution in [2.45, 2.75) is 358 Å². The van der Waals surface area contributed by atoms with Crippen LogP contribution in [0.4, 0.5) is 0 Å². The van der Waals surface area contributed by atoms with Gasteiger partial charge in [0.15, 0.2) is 0 Å². The van der Waals surface area contributed by atoms with Crippen LogP contribution in [0.1, 0.15) is 307 Å². The minimum atomic E-state index is -1.45. The van der Waals surface area contributed by atoms with Crippen molar-refractivity contribution < 1.29 is 108 Å². The number of aliphatic hydroxyl groups is 4. The van der Waals surface area contributed by atoms with Crippen molar-refractivity contribution in [3.8, 4) is 36.2 Å². The van der Waals surface area contributed by atoms with Crippen molar-refractivity contribution in [2.75, 3.05) is 0 Å². The van der Waals surface area contributed by atoms with Crippen LogP contribution in [-0.2, 0) is 0 Å². The normalized spacial score (nSPS) is 43.5. The number of halogens is 1.